The molecule has 5 N–H and O–H groups in total. The number of nitrogens with two attached hydrogens (primary N) is 2. The topological polar surface area (TPSA) is 138 Å². The molecular formula is C16H15FN6O3S2. The third kappa shape index (κ3) is 4.78. The van der Waals surface area contributed by atoms with Crippen LogP contribution in [0.25, 0.3) is 0 Å². The molecule has 1 aromatic carbocycles. The lowest BCUT2D eigenvalue weighted by Gasteiger charge is -2.06. The Morgan fingerprint density at radius 3 is 2.71 bits per heavy atom. The highest BCUT2D eigenvalue weighted by atomic mass is 32.2. The molecule has 0 bridgehead atoms. The standard InChI is InChI=1S/C16H15FN6O3S2/c17-9-1-3-10(4-2-9)26-7-12-21-22-16(23(12)19)28-8-13(24)20-15-11(14(18)25)5-6-27-15/h1-6H,7-8,19H2,(H2,18,25)(H,20,24). The number of nitrogens with one attached hydrogen (secondary N) is 1. The number of halogens is 1. The molecule has 0 saturated carbocycles. The van der Waals surface area contributed by atoms with Crippen molar-refractivity contribution >= 4 is 39.9 Å². The van der Waals surface area contributed by atoms with Gasteiger partial charge in [0, 0.05) is 0 Å². The van der Waals surface area contributed by atoms with Crippen molar-refractivity contribution < 1.29 is 18.7 Å². The summed E-state index contributed by atoms with van der Waals surface area (Å²) in [7, 11) is 0. The van der Waals surface area contributed by atoms with Gasteiger partial charge in [-0.25, -0.2) is 9.07 Å². The first-order chi connectivity index (χ1) is 13.4. The molecule has 3 aromatic rings. The molecule has 0 atom stereocenters. The molecule has 0 aliphatic heterocycles. The Hall–Kier alpha value is -3.12. The fraction of sp³-hybridized carbons (Fsp3) is 0.125. The number of thiophene rings is 1. The number of carbonyl (C=O) groups excluding carboxylic acids is 2. The maximum Gasteiger partial charge on any atom is 0.251 e. The van der Waals surface area contributed by atoms with Crippen molar-refractivity contribution in [3.8, 4) is 5.75 Å². The number of hydrogen-bond acceptors (Lipinski definition) is 8. The van der Waals surface area contributed by atoms with Crippen molar-refractivity contribution in [2.45, 2.75) is 11.8 Å². The maximum atomic E-state index is 12.9. The van der Waals surface area contributed by atoms with Gasteiger partial charge in [0.05, 0.1) is 11.3 Å². The van der Waals surface area contributed by atoms with Crippen LogP contribution in [0.3, 0.4) is 0 Å². The van der Waals surface area contributed by atoms with Crippen LogP contribution in [0.5, 0.6) is 5.75 Å². The number of benzene rings is 1. The van der Waals surface area contributed by atoms with Crippen molar-refractivity contribution in [1.82, 2.24) is 14.9 Å². The summed E-state index contributed by atoms with van der Waals surface area (Å²) < 4.78 is 19.6. The first kappa shape index (κ1) is 19.6. The van der Waals surface area contributed by atoms with Crippen molar-refractivity contribution in [3.05, 3.63) is 52.9 Å². The highest BCUT2D eigenvalue weighted by molar-refractivity contribution is 7.99. The van der Waals surface area contributed by atoms with Gasteiger partial charge in [-0.15, -0.1) is 21.5 Å². The summed E-state index contributed by atoms with van der Waals surface area (Å²) in [6.07, 6.45) is 0. The molecule has 0 unspecified atom stereocenters. The van der Waals surface area contributed by atoms with Gasteiger partial charge in [-0.2, -0.15) is 0 Å². The number of anilines is 1. The molecule has 2 amide bonds. The predicted octanol–water partition coefficient (Wildman–Crippen LogP) is 1.60. The first-order valence-corrected chi connectivity index (χ1v) is 9.68. The second kappa shape index (κ2) is 8.71. The van der Waals surface area contributed by atoms with E-state index in [1.165, 1.54) is 40.3 Å². The van der Waals surface area contributed by atoms with E-state index in [4.69, 9.17) is 16.3 Å². The second-order valence-electron chi connectivity index (χ2n) is 5.38. The lowest BCUT2D eigenvalue weighted by atomic mass is 10.3. The van der Waals surface area contributed by atoms with Gasteiger partial charge in [0.2, 0.25) is 11.1 Å². The Labute approximate surface area is 166 Å². The van der Waals surface area contributed by atoms with Gasteiger partial charge in [0.1, 0.15) is 23.2 Å². The smallest absolute Gasteiger partial charge is 0.251 e. The van der Waals surface area contributed by atoms with Gasteiger partial charge in [-0.3, -0.25) is 9.59 Å². The molecule has 12 heteroatoms. The number of amides is 2. The zero-order valence-electron chi connectivity index (χ0n) is 14.3. The minimum Gasteiger partial charge on any atom is -0.486 e. The Kier molecular flexibility index (Phi) is 6.11. The summed E-state index contributed by atoms with van der Waals surface area (Å²) in [5.74, 6) is 5.39. The average molecular weight is 422 g/mol. The Morgan fingerprint density at radius 2 is 2.00 bits per heavy atom. The van der Waals surface area contributed by atoms with Crippen molar-refractivity contribution in [1.29, 1.82) is 0 Å². The molecule has 0 aliphatic carbocycles. The molecular weight excluding hydrogens is 407 g/mol. The van der Waals surface area contributed by atoms with Crippen LogP contribution in [0.2, 0.25) is 0 Å². The van der Waals surface area contributed by atoms with Gasteiger partial charge in [0.25, 0.3) is 5.91 Å². The third-order valence-corrected chi connectivity index (χ3v) is 5.21. The zero-order valence-corrected chi connectivity index (χ0v) is 15.9. The highest BCUT2D eigenvalue weighted by Crippen LogP contribution is 2.23. The highest BCUT2D eigenvalue weighted by Gasteiger charge is 2.15. The summed E-state index contributed by atoms with van der Waals surface area (Å²) in [5.41, 5.74) is 5.50. The van der Waals surface area contributed by atoms with E-state index >= 15 is 0 Å². The fourth-order valence-electron chi connectivity index (χ4n) is 2.08. The van der Waals surface area contributed by atoms with E-state index in [-0.39, 0.29) is 29.6 Å². The van der Waals surface area contributed by atoms with Gasteiger partial charge in [-0.1, -0.05) is 11.8 Å². The first-order valence-electron chi connectivity index (χ1n) is 7.81. The van der Waals surface area contributed by atoms with Crippen molar-refractivity contribution in [2.24, 2.45) is 5.73 Å². The summed E-state index contributed by atoms with van der Waals surface area (Å²) in [6.45, 7) is 0.0268. The fourth-order valence-corrected chi connectivity index (χ4v) is 3.56. The van der Waals surface area contributed by atoms with Gasteiger partial charge >= 0.3 is 0 Å². The van der Waals surface area contributed by atoms with Crippen LogP contribution >= 0.6 is 23.1 Å². The van der Waals surface area contributed by atoms with E-state index in [2.05, 4.69) is 15.5 Å². The number of hydrogen-bond donors (Lipinski definition) is 3. The maximum absolute atomic E-state index is 12.9. The number of thioether (sulfide) groups is 1. The molecule has 0 fully saturated rings. The molecule has 2 heterocycles. The molecule has 0 spiro atoms. The van der Waals surface area contributed by atoms with E-state index < -0.39 is 5.91 Å². The summed E-state index contributed by atoms with van der Waals surface area (Å²) in [4.78, 5) is 23.4. The lowest BCUT2D eigenvalue weighted by molar-refractivity contribution is -0.113. The molecule has 28 heavy (non-hydrogen) atoms. The normalized spacial score (nSPS) is 10.6. The molecule has 0 radical (unpaired) electrons. The Bertz CT molecular complexity index is 989. The van der Waals surface area contributed by atoms with Gasteiger partial charge in [0.15, 0.2) is 5.82 Å². The summed E-state index contributed by atoms with van der Waals surface area (Å²) >= 11 is 2.27. The van der Waals surface area contributed by atoms with Crippen LogP contribution in [0.4, 0.5) is 9.39 Å². The molecule has 0 saturated heterocycles. The number of nitrogen functional groups attached to an aromatic ring is 1. The second-order valence-corrected chi connectivity index (χ2v) is 7.23. The van der Waals surface area contributed by atoms with Gasteiger partial charge in [-0.05, 0) is 35.7 Å². The Balaban J connectivity index is 1.53. The molecule has 0 aliphatic rings. The van der Waals surface area contributed by atoms with E-state index in [9.17, 15) is 14.0 Å². The van der Waals surface area contributed by atoms with E-state index in [0.29, 0.717) is 21.7 Å². The number of nitrogens with zero attached hydrogens (tertiary/aromatic N) is 3. The quantitative estimate of drug-likeness (QED) is 0.370. The molecule has 2 aromatic heterocycles. The van der Waals surface area contributed by atoms with Crippen LogP contribution in [0, 0.1) is 5.82 Å². The largest absolute Gasteiger partial charge is 0.486 e. The summed E-state index contributed by atoms with van der Waals surface area (Å²) in [5, 5.41) is 12.8. The van der Waals surface area contributed by atoms with Crippen LogP contribution in [-0.2, 0) is 11.4 Å². The van der Waals surface area contributed by atoms with Gasteiger partial charge < -0.3 is 21.6 Å². The molecule has 9 nitrogen and oxygen atoms in total. The van der Waals surface area contributed by atoms with Crippen molar-refractivity contribution in [3.63, 3.8) is 0 Å². The predicted molar refractivity (Wildman–Crippen MR) is 103 cm³/mol. The number of carbonyl (C=O) groups is 2. The Morgan fingerprint density at radius 1 is 1.25 bits per heavy atom. The molecule has 3 rings (SSSR count). The van der Waals surface area contributed by atoms with Crippen LogP contribution in [-0.4, -0.2) is 32.4 Å². The van der Waals surface area contributed by atoms with Crippen LogP contribution in [0.15, 0.2) is 40.9 Å². The minimum absolute atomic E-state index is 0.00422. The SMILES string of the molecule is NC(=O)c1ccsc1NC(=O)CSc1nnc(COc2ccc(F)cc2)n1N. The number of ether oxygens (including phenoxy) is 1. The monoisotopic (exact) mass is 422 g/mol. The number of primary amides is 1. The third-order valence-electron chi connectivity index (χ3n) is 3.43. The number of aromatic nitrogens is 3. The van der Waals surface area contributed by atoms with Crippen LogP contribution in [0.1, 0.15) is 16.2 Å². The molecule has 146 valence electrons. The minimum atomic E-state index is -0.614. The van der Waals surface area contributed by atoms with E-state index in [1.807, 2.05) is 0 Å². The average Bonchev–Trinajstić information content (AvgIpc) is 3.26. The van der Waals surface area contributed by atoms with Crippen LogP contribution < -0.4 is 21.6 Å². The lowest BCUT2D eigenvalue weighted by Crippen LogP contribution is -2.19. The zero-order chi connectivity index (χ0) is 20.1. The van der Waals surface area contributed by atoms with Crippen molar-refractivity contribution in [2.75, 3.05) is 16.9 Å². The summed E-state index contributed by atoms with van der Waals surface area (Å²) in [6, 6.07) is 7.06. The van der Waals surface area contributed by atoms with E-state index in [1.54, 1.807) is 11.4 Å². The number of rotatable bonds is 8. The van der Waals surface area contributed by atoms with E-state index in [0.717, 1.165) is 11.8 Å².